The number of nitro benzene ring substituents is 1. The molecule has 246 valence electrons. The third kappa shape index (κ3) is 12.1. The van der Waals surface area contributed by atoms with Crippen LogP contribution in [0.25, 0.3) is 0 Å². The van der Waals surface area contributed by atoms with Gasteiger partial charge in [0.15, 0.2) is 0 Å². The van der Waals surface area contributed by atoms with Gasteiger partial charge in [-0.15, -0.1) is 0 Å². The highest BCUT2D eigenvalue weighted by molar-refractivity contribution is 6.02. The van der Waals surface area contributed by atoms with Crippen LogP contribution < -0.4 is 43.4 Å². The van der Waals surface area contributed by atoms with Gasteiger partial charge in [0.25, 0.3) is 11.6 Å². The maximum atomic E-state index is 13.4. The molecule has 0 unspecified atom stereocenters. The fourth-order valence-corrected chi connectivity index (χ4v) is 4.29. The molecule has 1 heterocycles. The summed E-state index contributed by atoms with van der Waals surface area (Å²) in [6, 6.07) is -0.524. The number of hydrogen-bond donors (Lipinski definition) is 9. The number of non-ortho nitro benzene ring substituents is 1. The zero-order valence-electron chi connectivity index (χ0n) is 24.3. The van der Waals surface area contributed by atoms with Crippen LogP contribution in [0.4, 0.5) is 11.4 Å². The summed E-state index contributed by atoms with van der Waals surface area (Å²) in [6.45, 7) is -0.944. The van der Waals surface area contributed by atoms with Gasteiger partial charge in [-0.2, -0.15) is 0 Å². The monoisotopic (exact) mass is 635 g/mol. The Morgan fingerprint density at radius 2 is 1.84 bits per heavy atom. The number of unbranched alkanes of at least 4 members (excludes halogenated alkanes) is 1. The molecule has 0 bridgehead atoms. The van der Waals surface area contributed by atoms with E-state index in [0.717, 1.165) is 6.07 Å². The van der Waals surface area contributed by atoms with E-state index in [1.165, 1.54) is 12.1 Å². The van der Waals surface area contributed by atoms with Crippen molar-refractivity contribution in [3.63, 3.8) is 0 Å². The number of nitrogens with zero attached hydrogens (tertiary/aromatic N) is 1. The third-order valence-electron chi connectivity index (χ3n) is 6.54. The summed E-state index contributed by atoms with van der Waals surface area (Å²) in [6.07, 6.45) is 0.506. The van der Waals surface area contributed by atoms with E-state index in [9.17, 15) is 43.7 Å². The first kappa shape index (κ1) is 35.9. The second-order valence-corrected chi connectivity index (χ2v) is 10.0. The smallest absolute Gasteiger partial charge is 0.322 e. The standard InChI is InChI=1S/C26H37N9O10/c27-8-2-1-4-17(24(41)31-13-22(38)39)33-25(42)18-5-3-9-29-16-7-6-14(35(44)45)10-15(16)23(40)30-12-21(37)32-19(11-20(28)36)26(43)34-18/h6-7,10,17-19,29H,1-5,8-9,11-13,27H2,(H2,28,36)(H,30,40)(H,31,41)(H,32,37)(H,33,42)(H,34,43)(H,38,39)/t17-,18-,19-/m0/s1. The van der Waals surface area contributed by atoms with Crippen LogP contribution in [0, 0.1) is 10.1 Å². The van der Waals surface area contributed by atoms with Gasteiger partial charge in [0.2, 0.25) is 29.5 Å². The molecule has 0 aliphatic carbocycles. The fraction of sp³-hybridized carbons (Fsp3) is 0.500. The number of fused-ring (bicyclic) bond motifs is 1. The first-order chi connectivity index (χ1) is 21.3. The summed E-state index contributed by atoms with van der Waals surface area (Å²) in [5.41, 5.74) is 10.4. The van der Waals surface area contributed by atoms with E-state index in [4.69, 9.17) is 16.6 Å². The Bertz CT molecular complexity index is 1310. The lowest BCUT2D eigenvalue weighted by Gasteiger charge is -2.25. The average Bonchev–Trinajstić information content (AvgIpc) is 2.98. The lowest BCUT2D eigenvalue weighted by molar-refractivity contribution is -0.384. The molecule has 1 aliphatic heterocycles. The molecule has 0 radical (unpaired) electrons. The van der Waals surface area contributed by atoms with E-state index in [-0.39, 0.29) is 42.7 Å². The summed E-state index contributed by atoms with van der Waals surface area (Å²) in [5.74, 6) is -6.53. The van der Waals surface area contributed by atoms with Crippen molar-refractivity contribution in [2.24, 2.45) is 11.5 Å². The molecule has 0 spiro atoms. The van der Waals surface area contributed by atoms with Gasteiger partial charge in [-0.05, 0) is 44.7 Å². The van der Waals surface area contributed by atoms with Crippen molar-refractivity contribution in [1.82, 2.24) is 26.6 Å². The van der Waals surface area contributed by atoms with Crippen molar-refractivity contribution in [1.29, 1.82) is 0 Å². The number of carboxylic acid groups (broad SMARTS) is 1. The Morgan fingerprint density at radius 1 is 1.11 bits per heavy atom. The van der Waals surface area contributed by atoms with Gasteiger partial charge in [-0.25, -0.2) is 0 Å². The Kier molecular flexibility index (Phi) is 14.1. The molecule has 1 aromatic carbocycles. The minimum Gasteiger partial charge on any atom is -0.480 e. The van der Waals surface area contributed by atoms with E-state index >= 15 is 0 Å². The summed E-state index contributed by atoms with van der Waals surface area (Å²) in [5, 5.41) is 34.9. The van der Waals surface area contributed by atoms with Crippen molar-refractivity contribution in [2.75, 3.05) is 31.5 Å². The Labute approximate surface area is 256 Å². The molecule has 0 aromatic heterocycles. The molecular formula is C26H37N9O10. The maximum absolute atomic E-state index is 13.4. The average molecular weight is 636 g/mol. The van der Waals surface area contributed by atoms with Crippen LogP contribution in [0.2, 0.25) is 0 Å². The number of nitrogens with one attached hydrogen (secondary N) is 6. The highest BCUT2D eigenvalue weighted by atomic mass is 16.6. The number of benzene rings is 1. The van der Waals surface area contributed by atoms with Gasteiger partial charge >= 0.3 is 5.97 Å². The van der Waals surface area contributed by atoms with Crippen molar-refractivity contribution in [3.8, 4) is 0 Å². The molecule has 45 heavy (non-hydrogen) atoms. The third-order valence-corrected chi connectivity index (χ3v) is 6.54. The molecule has 19 heteroatoms. The number of rotatable bonds is 12. The summed E-state index contributed by atoms with van der Waals surface area (Å²) in [4.78, 5) is 97.8. The van der Waals surface area contributed by atoms with Gasteiger partial charge in [0.1, 0.15) is 24.7 Å². The SMILES string of the molecule is NCCCC[C@H](NC(=O)[C@@H]1CCCNc2ccc([N+](=O)[O-])cc2C(=O)NCC(=O)N[C@@H](CC(N)=O)C(=O)N1)C(=O)NCC(=O)O. The molecule has 3 atom stereocenters. The van der Waals surface area contributed by atoms with Crippen LogP contribution in [-0.4, -0.2) is 95.7 Å². The number of nitrogens with two attached hydrogens (primary N) is 2. The van der Waals surface area contributed by atoms with Gasteiger partial charge in [-0.3, -0.25) is 43.7 Å². The van der Waals surface area contributed by atoms with Crippen molar-refractivity contribution in [2.45, 2.75) is 56.7 Å². The van der Waals surface area contributed by atoms with Gasteiger partial charge in [-0.1, -0.05) is 0 Å². The van der Waals surface area contributed by atoms with E-state index in [1.807, 2.05) is 0 Å². The largest absolute Gasteiger partial charge is 0.480 e. The maximum Gasteiger partial charge on any atom is 0.322 e. The van der Waals surface area contributed by atoms with Crippen LogP contribution in [-0.2, 0) is 28.8 Å². The lowest BCUT2D eigenvalue weighted by atomic mass is 10.0. The molecule has 0 saturated carbocycles. The number of hydrogen-bond acceptors (Lipinski definition) is 11. The number of carbonyl (C=O) groups excluding carboxylic acids is 6. The van der Waals surface area contributed by atoms with Crippen LogP contribution >= 0.6 is 0 Å². The molecule has 2 rings (SSSR count). The Morgan fingerprint density at radius 3 is 2.49 bits per heavy atom. The number of nitro groups is 1. The highest BCUT2D eigenvalue weighted by Gasteiger charge is 2.31. The second-order valence-electron chi connectivity index (χ2n) is 10.0. The predicted molar refractivity (Wildman–Crippen MR) is 156 cm³/mol. The minimum atomic E-state index is -1.54. The summed E-state index contributed by atoms with van der Waals surface area (Å²) >= 11 is 0. The second kappa shape index (κ2) is 17.7. The van der Waals surface area contributed by atoms with E-state index in [2.05, 4.69) is 31.9 Å². The molecule has 6 amide bonds. The number of anilines is 1. The van der Waals surface area contributed by atoms with Gasteiger partial charge in [0, 0.05) is 24.4 Å². The van der Waals surface area contributed by atoms with Gasteiger partial charge in [0.05, 0.1) is 23.5 Å². The van der Waals surface area contributed by atoms with E-state index in [0.29, 0.717) is 19.4 Å². The number of primary amides is 1. The Hall–Kier alpha value is -5.33. The number of amides is 6. The molecule has 1 aliphatic rings. The summed E-state index contributed by atoms with van der Waals surface area (Å²) < 4.78 is 0. The zero-order valence-corrected chi connectivity index (χ0v) is 24.3. The number of carbonyl (C=O) groups is 7. The van der Waals surface area contributed by atoms with Crippen LogP contribution in [0.3, 0.4) is 0 Å². The quantitative estimate of drug-likeness (QED) is 0.0639. The molecular weight excluding hydrogens is 598 g/mol. The normalized spacial score (nSPS) is 18.2. The van der Waals surface area contributed by atoms with Gasteiger partial charge < -0.3 is 48.5 Å². The summed E-state index contributed by atoms with van der Waals surface area (Å²) in [7, 11) is 0. The first-order valence-corrected chi connectivity index (χ1v) is 14.0. The topological polar surface area (TPSA) is 307 Å². The zero-order chi connectivity index (χ0) is 33.5. The molecule has 11 N–H and O–H groups in total. The van der Waals surface area contributed by atoms with Crippen LogP contribution in [0.15, 0.2) is 18.2 Å². The van der Waals surface area contributed by atoms with Crippen molar-refractivity contribution in [3.05, 3.63) is 33.9 Å². The minimum absolute atomic E-state index is 0.0530. The number of aliphatic carboxylic acids is 1. The molecule has 19 nitrogen and oxygen atoms in total. The highest BCUT2D eigenvalue weighted by Crippen LogP contribution is 2.22. The Balaban J connectivity index is 2.37. The van der Waals surface area contributed by atoms with Crippen LogP contribution in [0.5, 0.6) is 0 Å². The van der Waals surface area contributed by atoms with Crippen molar-refractivity contribution < 1.29 is 43.6 Å². The number of carboxylic acids is 1. The molecule has 0 fully saturated rings. The van der Waals surface area contributed by atoms with Crippen molar-refractivity contribution >= 4 is 52.8 Å². The predicted octanol–water partition coefficient (Wildman–Crippen LogP) is -2.81. The fourth-order valence-electron chi connectivity index (χ4n) is 4.29. The van der Waals surface area contributed by atoms with Crippen LogP contribution in [0.1, 0.15) is 48.9 Å². The van der Waals surface area contributed by atoms with E-state index < -0.39 is 84.0 Å². The first-order valence-electron chi connectivity index (χ1n) is 14.0. The molecule has 1 aromatic rings. The van der Waals surface area contributed by atoms with E-state index in [1.54, 1.807) is 0 Å². The lowest BCUT2D eigenvalue weighted by Crippen LogP contribution is -2.57. The molecule has 0 saturated heterocycles.